The van der Waals surface area contributed by atoms with Crippen LogP contribution in [-0.2, 0) is 0 Å². The first-order valence-corrected chi connectivity index (χ1v) is 9.58. The number of rotatable bonds is 1. The summed E-state index contributed by atoms with van der Waals surface area (Å²) in [5.41, 5.74) is 0. The van der Waals surface area contributed by atoms with Crippen LogP contribution in [0.5, 0.6) is 0 Å². The molecule has 10 heavy (non-hydrogen) atoms. The summed E-state index contributed by atoms with van der Waals surface area (Å²) in [6.45, 7) is 7.45. The molecule has 0 radical (unpaired) electrons. The highest BCUT2D eigenvalue weighted by Gasteiger charge is 2.28. The molecule has 0 bridgehead atoms. The minimum absolute atomic E-state index is 0.814. The zero-order valence-corrected chi connectivity index (χ0v) is 9.65. The summed E-state index contributed by atoms with van der Waals surface area (Å²) >= 11 is 4.35. The third kappa shape index (κ3) is 2.51. The van der Waals surface area contributed by atoms with Gasteiger partial charge in [0.15, 0.2) is 0 Å². The minimum atomic E-state index is -0.814. The lowest BCUT2D eigenvalue weighted by molar-refractivity contribution is 1.27. The van der Waals surface area contributed by atoms with Gasteiger partial charge in [0.05, 0.1) is 8.07 Å². The molecule has 3 heteroatoms. The van der Waals surface area contributed by atoms with Crippen LogP contribution in [0.25, 0.3) is 0 Å². The molecule has 0 saturated carbocycles. The highest BCUT2D eigenvalue weighted by atomic mass is 32.2. The first kappa shape index (κ1) is 9.01. The zero-order chi connectivity index (χ0) is 7.61. The Kier molecular flexibility index (Phi) is 3.19. The van der Waals surface area contributed by atoms with Crippen LogP contribution in [0.15, 0.2) is 0 Å². The summed E-state index contributed by atoms with van der Waals surface area (Å²) in [7, 11) is -0.814. The van der Waals surface area contributed by atoms with Crippen molar-refractivity contribution in [3.05, 3.63) is 0 Å². The molecule has 1 atom stereocenters. The topological polar surface area (TPSA) is 0 Å². The van der Waals surface area contributed by atoms with Crippen molar-refractivity contribution in [1.82, 2.24) is 0 Å². The van der Waals surface area contributed by atoms with E-state index < -0.39 is 8.07 Å². The molecule has 0 amide bonds. The second-order valence-electron chi connectivity index (χ2n) is 3.80. The summed E-state index contributed by atoms with van der Waals surface area (Å²) in [4.78, 5) is 1.02. The van der Waals surface area contributed by atoms with Crippen LogP contribution in [0.2, 0.25) is 19.6 Å². The van der Waals surface area contributed by atoms with Crippen LogP contribution in [0, 0.1) is 0 Å². The summed E-state index contributed by atoms with van der Waals surface area (Å²) in [6, 6.07) is 0. The Bertz CT molecular complexity index is 103. The fraction of sp³-hybridized carbons (Fsp3) is 1.00. The largest absolute Gasteiger partial charge is 0.160 e. The monoisotopic (exact) mass is 192 g/mol. The first-order chi connectivity index (χ1) is 4.61. The molecule has 1 unspecified atom stereocenters. The molecule has 0 aromatic heterocycles. The van der Waals surface area contributed by atoms with Gasteiger partial charge in [0, 0.05) is 22.1 Å². The zero-order valence-electron chi connectivity index (χ0n) is 7.02. The highest BCUT2D eigenvalue weighted by Crippen LogP contribution is 2.30. The van der Waals surface area contributed by atoms with Gasteiger partial charge in [-0.2, -0.15) is 23.5 Å². The molecule has 0 aromatic rings. The molecule has 0 nitrogen and oxygen atoms in total. The Morgan fingerprint density at radius 1 is 1.20 bits per heavy atom. The van der Waals surface area contributed by atoms with Crippen molar-refractivity contribution < 1.29 is 0 Å². The van der Waals surface area contributed by atoms with Gasteiger partial charge in [0.2, 0.25) is 0 Å². The Morgan fingerprint density at radius 2 is 1.90 bits per heavy atom. The van der Waals surface area contributed by atoms with E-state index in [0.717, 1.165) is 4.87 Å². The molecule has 0 aliphatic carbocycles. The van der Waals surface area contributed by atoms with Crippen molar-refractivity contribution in [2.24, 2.45) is 0 Å². The van der Waals surface area contributed by atoms with Crippen molar-refractivity contribution in [2.45, 2.75) is 24.5 Å². The average molecular weight is 192 g/mol. The number of hydrogen-bond acceptors (Lipinski definition) is 2. The minimum Gasteiger partial charge on any atom is -0.160 e. The van der Waals surface area contributed by atoms with Crippen molar-refractivity contribution in [2.75, 3.05) is 17.3 Å². The molecule has 1 heterocycles. The van der Waals surface area contributed by atoms with Gasteiger partial charge in [0.25, 0.3) is 0 Å². The van der Waals surface area contributed by atoms with Crippen LogP contribution in [-0.4, -0.2) is 30.2 Å². The molecule has 1 aliphatic rings. The summed E-state index contributed by atoms with van der Waals surface area (Å²) < 4.78 is 0. The quantitative estimate of drug-likeness (QED) is 0.586. The average Bonchev–Trinajstić information content (AvgIpc) is 1.88. The molecule has 1 fully saturated rings. The van der Waals surface area contributed by atoms with Crippen LogP contribution in [0.4, 0.5) is 0 Å². The number of thioether (sulfide) groups is 2. The van der Waals surface area contributed by atoms with Gasteiger partial charge in [0.1, 0.15) is 0 Å². The lowest BCUT2D eigenvalue weighted by atomic mass is 10.9. The van der Waals surface area contributed by atoms with Crippen molar-refractivity contribution in [3.8, 4) is 0 Å². The van der Waals surface area contributed by atoms with Crippen LogP contribution >= 0.6 is 23.5 Å². The molecule has 60 valence electrons. The van der Waals surface area contributed by atoms with Crippen molar-refractivity contribution in [1.29, 1.82) is 0 Å². The molecule has 1 aliphatic heterocycles. The van der Waals surface area contributed by atoms with E-state index in [1.165, 1.54) is 17.3 Å². The van der Waals surface area contributed by atoms with Gasteiger partial charge in [-0.3, -0.25) is 0 Å². The SMILES string of the molecule is C[Si](C)(C)C1CSCCS1. The Hall–Kier alpha value is 0.917. The smallest absolute Gasteiger partial charge is 0.0597 e. The van der Waals surface area contributed by atoms with Gasteiger partial charge in [-0.15, -0.1) is 0 Å². The third-order valence-electron chi connectivity index (χ3n) is 1.78. The lowest BCUT2D eigenvalue weighted by Crippen LogP contribution is -2.39. The molecular formula is C7H16S2Si. The summed E-state index contributed by atoms with van der Waals surface area (Å²) in [6.07, 6.45) is 0. The maximum absolute atomic E-state index is 2.48. The van der Waals surface area contributed by atoms with E-state index in [1.54, 1.807) is 0 Å². The van der Waals surface area contributed by atoms with Gasteiger partial charge >= 0.3 is 0 Å². The van der Waals surface area contributed by atoms with E-state index in [0.29, 0.717) is 0 Å². The normalized spacial score (nSPS) is 28.5. The van der Waals surface area contributed by atoms with Crippen LogP contribution < -0.4 is 0 Å². The molecule has 0 N–H and O–H groups in total. The molecular weight excluding hydrogens is 176 g/mol. The van der Waals surface area contributed by atoms with E-state index in [4.69, 9.17) is 0 Å². The van der Waals surface area contributed by atoms with Crippen LogP contribution in [0.3, 0.4) is 0 Å². The second kappa shape index (κ2) is 3.54. The van der Waals surface area contributed by atoms with Gasteiger partial charge < -0.3 is 0 Å². The molecule has 0 spiro atoms. The van der Waals surface area contributed by atoms with Crippen molar-refractivity contribution >= 4 is 31.6 Å². The van der Waals surface area contributed by atoms with Gasteiger partial charge in [-0.25, -0.2) is 0 Å². The summed E-state index contributed by atoms with van der Waals surface area (Å²) in [5.74, 6) is 4.19. The summed E-state index contributed by atoms with van der Waals surface area (Å²) in [5, 5.41) is 0. The Balaban J connectivity index is 2.39. The van der Waals surface area contributed by atoms with Crippen LogP contribution in [0.1, 0.15) is 0 Å². The number of hydrogen-bond donors (Lipinski definition) is 0. The standard InChI is InChI=1S/C7H16S2Si/c1-10(2,3)7-6-8-4-5-9-7/h7H,4-6H2,1-3H3. The third-order valence-corrected chi connectivity index (χ3v) is 9.38. The second-order valence-corrected chi connectivity index (χ2v) is 12.1. The van der Waals surface area contributed by atoms with E-state index in [1.807, 2.05) is 0 Å². The molecule has 1 rings (SSSR count). The molecule has 0 aromatic carbocycles. The first-order valence-electron chi connectivity index (χ1n) is 3.80. The van der Waals surface area contributed by atoms with E-state index in [9.17, 15) is 0 Å². The maximum Gasteiger partial charge on any atom is 0.0597 e. The fourth-order valence-corrected chi connectivity index (χ4v) is 7.89. The predicted molar refractivity (Wildman–Crippen MR) is 56.9 cm³/mol. The van der Waals surface area contributed by atoms with Gasteiger partial charge in [-0.05, 0) is 0 Å². The maximum atomic E-state index is 2.48. The highest BCUT2D eigenvalue weighted by molar-refractivity contribution is 8.07. The van der Waals surface area contributed by atoms with E-state index >= 15 is 0 Å². The Morgan fingerprint density at radius 3 is 2.20 bits per heavy atom. The predicted octanol–water partition coefficient (Wildman–Crippen LogP) is 2.71. The van der Waals surface area contributed by atoms with Gasteiger partial charge in [-0.1, -0.05) is 19.6 Å². The molecule has 1 saturated heterocycles. The Labute approximate surface area is 73.6 Å². The fourth-order valence-electron chi connectivity index (χ4n) is 0.988. The van der Waals surface area contributed by atoms with Crippen molar-refractivity contribution in [3.63, 3.8) is 0 Å². The lowest BCUT2D eigenvalue weighted by Gasteiger charge is -2.31. The van der Waals surface area contributed by atoms with E-state index in [2.05, 4.69) is 43.2 Å². The van der Waals surface area contributed by atoms with E-state index in [-0.39, 0.29) is 0 Å².